The molecule has 2 rings (SSSR count). The smallest absolute Gasteiger partial charge is 0.240 e. The van der Waals surface area contributed by atoms with Crippen molar-refractivity contribution in [3.8, 4) is 0 Å². The molecule has 4 heteroatoms. The van der Waals surface area contributed by atoms with Gasteiger partial charge in [0.25, 0.3) is 0 Å². The topological polar surface area (TPSA) is 41.6 Å². The minimum atomic E-state index is 0.0158. The zero-order valence-corrected chi connectivity index (χ0v) is 11.7. The molecule has 2 aliphatic heterocycles. The Balaban J connectivity index is 2.00. The first-order chi connectivity index (χ1) is 8.67. The van der Waals surface area contributed by atoms with Gasteiger partial charge in [0.05, 0.1) is 6.04 Å². The van der Waals surface area contributed by atoms with E-state index in [2.05, 4.69) is 24.1 Å². The van der Waals surface area contributed by atoms with Crippen LogP contribution in [0.15, 0.2) is 0 Å². The van der Waals surface area contributed by atoms with Gasteiger partial charge in [-0.2, -0.15) is 0 Å². The fraction of sp³-hybridized carbons (Fsp3) is 0.929. The van der Waals surface area contributed by atoms with Crippen LogP contribution in [0.1, 0.15) is 46.0 Å². The zero-order valence-electron chi connectivity index (χ0n) is 11.7. The molecule has 0 aliphatic carbocycles. The molecule has 4 nitrogen and oxygen atoms in total. The summed E-state index contributed by atoms with van der Waals surface area (Å²) in [5.41, 5.74) is 0.0158. The van der Waals surface area contributed by atoms with Crippen molar-refractivity contribution in [2.45, 2.75) is 57.5 Å². The molecule has 0 aromatic heterocycles. The average molecular weight is 254 g/mol. The zero-order chi connectivity index (χ0) is 13.0. The van der Waals surface area contributed by atoms with E-state index in [4.69, 9.17) is 4.74 Å². The summed E-state index contributed by atoms with van der Waals surface area (Å²) in [6.45, 7) is 7.78. The van der Waals surface area contributed by atoms with Gasteiger partial charge in [0, 0.05) is 25.3 Å². The van der Waals surface area contributed by atoms with E-state index >= 15 is 0 Å². The maximum absolute atomic E-state index is 12.6. The van der Waals surface area contributed by atoms with Gasteiger partial charge in [0.2, 0.25) is 5.91 Å². The Hall–Kier alpha value is -0.610. The van der Waals surface area contributed by atoms with Gasteiger partial charge in [-0.05, 0) is 45.6 Å². The predicted octanol–water partition coefficient (Wildman–Crippen LogP) is 1.55. The van der Waals surface area contributed by atoms with Crippen LogP contribution in [-0.4, -0.2) is 48.7 Å². The van der Waals surface area contributed by atoms with Crippen molar-refractivity contribution in [1.29, 1.82) is 0 Å². The molecule has 1 amide bonds. The number of hydrogen-bond acceptors (Lipinski definition) is 3. The second-order valence-corrected chi connectivity index (χ2v) is 5.75. The number of piperidine rings is 1. The van der Waals surface area contributed by atoms with Crippen LogP contribution in [-0.2, 0) is 9.53 Å². The molecule has 0 saturated carbocycles. The Labute approximate surface area is 110 Å². The monoisotopic (exact) mass is 254 g/mol. The minimum Gasteiger partial charge on any atom is -0.381 e. The molecule has 2 fully saturated rings. The first-order valence-electron chi connectivity index (χ1n) is 7.30. The summed E-state index contributed by atoms with van der Waals surface area (Å²) in [5, 5.41) is 3.38. The van der Waals surface area contributed by atoms with E-state index in [-0.39, 0.29) is 11.6 Å². The molecule has 0 aromatic carbocycles. The Bertz CT molecular complexity index is 288. The molecule has 0 radical (unpaired) electrons. The molecule has 1 atom stereocenters. The Morgan fingerprint density at radius 3 is 2.83 bits per heavy atom. The first-order valence-corrected chi connectivity index (χ1v) is 7.30. The predicted molar refractivity (Wildman–Crippen MR) is 71.5 cm³/mol. The van der Waals surface area contributed by atoms with Crippen LogP contribution in [0.2, 0.25) is 0 Å². The lowest BCUT2D eigenvalue weighted by molar-refractivity contribution is -0.146. The van der Waals surface area contributed by atoms with Gasteiger partial charge in [-0.3, -0.25) is 4.79 Å². The summed E-state index contributed by atoms with van der Waals surface area (Å²) < 4.78 is 5.43. The Kier molecular flexibility index (Phi) is 4.62. The Morgan fingerprint density at radius 1 is 1.44 bits per heavy atom. The normalized spacial score (nSPS) is 28.4. The fourth-order valence-corrected chi connectivity index (χ4v) is 3.00. The number of carbonyl (C=O) groups excluding carboxylic acids is 1. The molecular formula is C14H26N2O2. The molecular weight excluding hydrogens is 228 g/mol. The summed E-state index contributed by atoms with van der Waals surface area (Å²) >= 11 is 0. The van der Waals surface area contributed by atoms with E-state index in [1.165, 1.54) is 0 Å². The minimum absolute atomic E-state index is 0.0158. The highest BCUT2D eigenvalue weighted by Gasteiger charge is 2.40. The molecule has 1 unspecified atom stereocenters. The quantitative estimate of drug-likeness (QED) is 0.827. The molecule has 18 heavy (non-hydrogen) atoms. The number of nitrogens with one attached hydrogen (secondary N) is 1. The summed E-state index contributed by atoms with van der Waals surface area (Å²) in [5.74, 6) is 0.305. The number of carbonyl (C=O) groups is 1. The van der Waals surface area contributed by atoms with Crippen LogP contribution in [0, 0.1) is 0 Å². The van der Waals surface area contributed by atoms with Gasteiger partial charge in [0.15, 0.2) is 0 Å². The molecule has 0 spiro atoms. The third kappa shape index (κ3) is 2.86. The van der Waals surface area contributed by atoms with Crippen molar-refractivity contribution in [3.05, 3.63) is 0 Å². The van der Waals surface area contributed by atoms with Crippen molar-refractivity contribution >= 4 is 5.91 Å². The SMILES string of the molecule is CCCNC1CCCN(C2(C)CCOCC2)C1=O. The van der Waals surface area contributed by atoms with E-state index < -0.39 is 0 Å². The van der Waals surface area contributed by atoms with E-state index in [9.17, 15) is 4.79 Å². The number of likely N-dealkylation sites (tertiary alicyclic amines) is 1. The molecule has 0 bridgehead atoms. The highest BCUT2D eigenvalue weighted by molar-refractivity contribution is 5.83. The molecule has 0 aromatic rings. The number of nitrogens with zero attached hydrogens (tertiary/aromatic N) is 1. The molecule has 2 saturated heterocycles. The second kappa shape index (κ2) is 6.02. The number of amides is 1. The van der Waals surface area contributed by atoms with Gasteiger partial charge in [-0.15, -0.1) is 0 Å². The highest BCUT2D eigenvalue weighted by Crippen LogP contribution is 2.30. The van der Waals surface area contributed by atoms with Crippen molar-refractivity contribution < 1.29 is 9.53 Å². The number of hydrogen-bond donors (Lipinski definition) is 1. The molecule has 2 aliphatic rings. The van der Waals surface area contributed by atoms with Crippen LogP contribution in [0.4, 0.5) is 0 Å². The first kappa shape index (κ1) is 13.8. The van der Waals surface area contributed by atoms with Crippen molar-refractivity contribution in [3.63, 3.8) is 0 Å². The van der Waals surface area contributed by atoms with Crippen LogP contribution in [0.5, 0.6) is 0 Å². The second-order valence-electron chi connectivity index (χ2n) is 5.75. The number of ether oxygens (including phenoxy) is 1. The summed E-state index contributed by atoms with van der Waals surface area (Å²) in [6.07, 6.45) is 5.12. The largest absolute Gasteiger partial charge is 0.381 e. The van der Waals surface area contributed by atoms with Crippen molar-refractivity contribution in [2.24, 2.45) is 0 Å². The fourth-order valence-electron chi connectivity index (χ4n) is 3.00. The Morgan fingerprint density at radius 2 is 2.17 bits per heavy atom. The highest BCUT2D eigenvalue weighted by atomic mass is 16.5. The summed E-state index contributed by atoms with van der Waals surface area (Å²) in [4.78, 5) is 14.7. The van der Waals surface area contributed by atoms with Gasteiger partial charge in [-0.25, -0.2) is 0 Å². The lowest BCUT2D eigenvalue weighted by Gasteiger charge is -2.47. The van der Waals surface area contributed by atoms with Crippen LogP contribution in [0.3, 0.4) is 0 Å². The lowest BCUT2D eigenvalue weighted by Crippen LogP contribution is -2.60. The van der Waals surface area contributed by atoms with Gasteiger partial charge < -0.3 is 15.0 Å². The van der Waals surface area contributed by atoms with Gasteiger partial charge in [0.1, 0.15) is 0 Å². The molecule has 104 valence electrons. The van der Waals surface area contributed by atoms with Crippen molar-refractivity contribution in [2.75, 3.05) is 26.3 Å². The third-order valence-corrected chi connectivity index (χ3v) is 4.30. The van der Waals surface area contributed by atoms with Gasteiger partial charge >= 0.3 is 0 Å². The third-order valence-electron chi connectivity index (χ3n) is 4.30. The summed E-state index contributed by atoms with van der Waals surface area (Å²) in [6, 6.07) is 0.0402. The maximum atomic E-state index is 12.6. The van der Waals surface area contributed by atoms with E-state index in [0.717, 1.165) is 58.4 Å². The van der Waals surface area contributed by atoms with Crippen LogP contribution in [0.25, 0.3) is 0 Å². The van der Waals surface area contributed by atoms with Crippen LogP contribution >= 0.6 is 0 Å². The van der Waals surface area contributed by atoms with Crippen LogP contribution < -0.4 is 5.32 Å². The van der Waals surface area contributed by atoms with E-state index in [0.29, 0.717) is 5.91 Å². The standard InChI is InChI=1S/C14H26N2O2/c1-3-8-15-12-5-4-9-16(13(12)17)14(2)6-10-18-11-7-14/h12,15H,3-11H2,1-2H3. The van der Waals surface area contributed by atoms with E-state index in [1.807, 2.05) is 0 Å². The maximum Gasteiger partial charge on any atom is 0.240 e. The van der Waals surface area contributed by atoms with Crippen molar-refractivity contribution in [1.82, 2.24) is 10.2 Å². The summed E-state index contributed by atoms with van der Waals surface area (Å²) in [7, 11) is 0. The molecule has 1 N–H and O–H groups in total. The average Bonchev–Trinajstić information content (AvgIpc) is 2.38. The van der Waals surface area contributed by atoms with E-state index in [1.54, 1.807) is 0 Å². The lowest BCUT2D eigenvalue weighted by atomic mass is 9.87. The van der Waals surface area contributed by atoms with Gasteiger partial charge in [-0.1, -0.05) is 6.92 Å². The number of rotatable bonds is 4. The molecule has 2 heterocycles.